The van der Waals surface area contributed by atoms with Crippen molar-refractivity contribution < 1.29 is 9.13 Å². The van der Waals surface area contributed by atoms with E-state index in [1.165, 1.54) is 6.07 Å². The summed E-state index contributed by atoms with van der Waals surface area (Å²) in [5, 5.41) is 0.561. The van der Waals surface area contributed by atoms with E-state index in [1.807, 2.05) is 12.1 Å². The maximum atomic E-state index is 13.8. The van der Waals surface area contributed by atoms with Gasteiger partial charge in [-0.05, 0) is 30.7 Å². The van der Waals surface area contributed by atoms with Crippen LogP contribution in [0.2, 0.25) is 10.0 Å². The second-order valence-corrected chi connectivity index (χ2v) is 5.08. The molecule has 0 saturated carbocycles. The molecule has 2 rings (SSSR count). The highest BCUT2D eigenvalue weighted by Gasteiger charge is 2.11. The minimum absolute atomic E-state index is 0.0632. The van der Waals surface area contributed by atoms with E-state index < -0.39 is 5.82 Å². The van der Waals surface area contributed by atoms with Gasteiger partial charge in [0.25, 0.3) is 0 Å². The first-order valence-corrected chi connectivity index (χ1v) is 6.92. The predicted octanol–water partition coefficient (Wildman–Crippen LogP) is 4.21. The highest BCUT2D eigenvalue weighted by molar-refractivity contribution is 6.32. The molecular formula is C15H14Cl2FNO. The Morgan fingerprint density at radius 2 is 1.65 bits per heavy atom. The molecule has 0 fully saturated rings. The van der Waals surface area contributed by atoms with E-state index in [1.54, 1.807) is 18.2 Å². The number of benzene rings is 2. The standard InChI is InChI=1S/C15H14Cl2FNO/c16-12-5-2-4-11(14(12)18)9-20-15-10(7-8-19)3-1-6-13(15)17/h1-6H,7-9,19H2. The van der Waals surface area contributed by atoms with Gasteiger partial charge in [-0.3, -0.25) is 0 Å². The quantitative estimate of drug-likeness (QED) is 0.897. The fourth-order valence-electron chi connectivity index (χ4n) is 1.88. The van der Waals surface area contributed by atoms with Crippen LogP contribution in [0.4, 0.5) is 4.39 Å². The van der Waals surface area contributed by atoms with E-state index in [0.29, 0.717) is 29.3 Å². The molecule has 2 N–H and O–H groups in total. The maximum absolute atomic E-state index is 13.8. The maximum Gasteiger partial charge on any atom is 0.148 e. The summed E-state index contributed by atoms with van der Waals surface area (Å²) in [6.07, 6.45) is 0.647. The Hall–Kier alpha value is -1.29. The van der Waals surface area contributed by atoms with Crippen molar-refractivity contribution >= 4 is 23.2 Å². The van der Waals surface area contributed by atoms with Crippen LogP contribution in [0.3, 0.4) is 0 Å². The van der Waals surface area contributed by atoms with Crippen molar-refractivity contribution in [2.24, 2.45) is 5.73 Å². The molecule has 2 aromatic rings. The molecule has 0 aliphatic carbocycles. The van der Waals surface area contributed by atoms with Gasteiger partial charge in [-0.25, -0.2) is 4.39 Å². The van der Waals surface area contributed by atoms with Crippen molar-refractivity contribution in [2.45, 2.75) is 13.0 Å². The van der Waals surface area contributed by atoms with Crippen LogP contribution in [0.25, 0.3) is 0 Å². The van der Waals surface area contributed by atoms with Crippen LogP contribution in [-0.2, 0) is 13.0 Å². The molecule has 2 nitrogen and oxygen atoms in total. The molecule has 0 saturated heterocycles. The Morgan fingerprint density at radius 3 is 2.35 bits per heavy atom. The average Bonchev–Trinajstić information content (AvgIpc) is 2.43. The lowest BCUT2D eigenvalue weighted by atomic mass is 10.1. The van der Waals surface area contributed by atoms with E-state index in [4.69, 9.17) is 33.7 Å². The Kier molecular flexibility index (Phi) is 5.24. The van der Waals surface area contributed by atoms with Crippen LogP contribution in [-0.4, -0.2) is 6.54 Å². The highest BCUT2D eigenvalue weighted by Crippen LogP contribution is 2.30. The highest BCUT2D eigenvalue weighted by atomic mass is 35.5. The van der Waals surface area contributed by atoms with Gasteiger partial charge in [0.1, 0.15) is 18.2 Å². The summed E-state index contributed by atoms with van der Waals surface area (Å²) in [6.45, 7) is 0.552. The summed E-state index contributed by atoms with van der Waals surface area (Å²) >= 11 is 11.9. The molecule has 0 spiro atoms. The second kappa shape index (κ2) is 6.93. The van der Waals surface area contributed by atoms with Crippen molar-refractivity contribution in [3.8, 4) is 5.75 Å². The van der Waals surface area contributed by atoms with Gasteiger partial charge in [-0.15, -0.1) is 0 Å². The Morgan fingerprint density at radius 1 is 1.00 bits per heavy atom. The number of halogens is 3. The smallest absolute Gasteiger partial charge is 0.148 e. The number of para-hydroxylation sites is 1. The molecule has 0 radical (unpaired) electrons. The van der Waals surface area contributed by atoms with E-state index in [-0.39, 0.29) is 11.6 Å². The molecular weight excluding hydrogens is 300 g/mol. The van der Waals surface area contributed by atoms with Gasteiger partial charge in [-0.1, -0.05) is 47.5 Å². The zero-order valence-electron chi connectivity index (χ0n) is 10.7. The molecule has 2 aromatic carbocycles. The molecule has 0 aliphatic heterocycles. The first kappa shape index (κ1) is 15.1. The van der Waals surface area contributed by atoms with Crippen molar-refractivity contribution in [1.29, 1.82) is 0 Å². The van der Waals surface area contributed by atoms with E-state index in [0.717, 1.165) is 5.56 Å². The normalized spacial score (nSPS) is 10.6. The number of nitrogens with two attached hydrogens (primary N) is 1. The van der Waals surface area contributed by atoms with Gasteiger partial charge in [0.05, 0.1) is 10.0 Å². The largest absolute Gasteiger partial charge is 0.487 e. The minimum Gasteiger partial charge on any atom is -0.487 e. The van der Waals surface area contributed by atoms with Crippen LogP contribution in [0.1, 0.15) is 11.1 Å². The third kappa shape index (κ3) is 3.42. The van der Waals surface area contributed by atoms with Crippen LogP contribution in [0.5, 0.6) is 5.75 Å². The van der Waals surface area contributed by atoms with Gasteiger partial charge >= 0.3 is 0 Å². The van der Waals surface area contributed by atoms with Gasteiger partial charge in [0, 0.05) is 5.56 Å². The molecule has 106 valence electrons. The van der Waals surface area contributed by atoms with E-state index in [2.05, 4.69) is 0 Å². The number of ether oxygens (including phenoxy) is 1. The zero-order valence-corrected chi connectivity index (χ0v) is 12.2. The summed E-state index contributed by atoms with van der Waals surface area (Å²) in [5.41, 5.74) is 6.85. The Balaban J connectivity index is 2.20. The lowest BCUT2D eigenvalue weighted by Gasteiger charge is -2.13. The molecule has 0 atom stereocenters. The zero-order chi connectivity index (χ0) is 14.5. The average molecular weight is 314 g/mol. The summed E-state index contributed by atoms with van der Waals surface area (Å²) in [6, 6.07) is 10.3. The van der Waals surface area contributed by atoms with Crippen molar-refractivity contribution in [3.05, 3.63) is 63.4 Å². The third-order valence-electron chi connectivity index (χ3n) is 2.87. The van der Waals surface area contributed by atoms with Gasteiger partial charge in [0.2, 0.25) is 0 Å². The van der Waals surface area contributed by atoms with Gasteiger partial charge < -0.3 is 10.5 Å². The molecule has 0 aromatic heterocycles. The molecule has 0 heterocycles. The summed E-state index contributed by atoms with van der Waals surface area (Å²) < 4.78 is 19.4. The molecule has 0 aliphatic rings. The lowest BCUT2D eigenvalue weighted by molar-refractivity contribution is 0.297. The van der Waals surface area contributed by atoms with E-state index >= 15 is 0 Å². The van der Waals surface area contributed by atoms with Crippen molar-refractivity contribution in [2.75, 3.05) is 6.54 Å². The number of hydrogen-bond donors (Lipinski definition) is 1. The van der Waals surface area contributed by atoms with Crippen LogP contribution in [0, 0.1) is 5.82 Å². The van der Waals surface area contributed by atoms with Crippen molar-refractivity contribution in [1.82, 2.24) is 0 Å². The predicted molar refractivity (Wildman–Crippen MR) is 80.0 cm³/mol. The van der Waals surface area contributed by atoms with Gasteiger partial charge in [-0.2, -0.15) is 0 Å². The van der Waals surface area contributed by atoms with Crippen molar-refractivity contribution in [3.63, 3.8) is 0 Å². The lowest BCUT2D eigenvalue weighted by Crippen LogP contribution is -2.06. The fraction of sp³-hybridized carbons (Fsp3) is 0.200. The first-order chi connectivity index (χ1) is 9.63. The molecule has 0 unspecified atom stereocenters. The molecule has 20 heavy (non-hydrogen) atoms. The topological polar surface area (TPSA) is 35.2 Å². The second-order valence-electron chi connectivity index (χ2n) is 4.27. The van der Waals surface area contributed by atoms with E-state index in [9.17, 15) is 4.39 Å². The first-order valence-electron chi connectivity index (χ1n) is 6.16. The third-order valence-corrected chi connectivity index (χ3v) is 3.46. The van der Waals surface area contributed by atoms with Crippen LogP contribution < -0.4 is 10.5 Å². The Labute approximate surface area is 127 Å². The van der Waals surface area contributed by atoms with Crippen LogP contribution in [0.15, 0.2) is 36.4 Å². The SMILES string of the molecule is NCCc1cccc(Cl)c1OCc1cccc(Cl)c1F. The summed E-state index contributed by atoms with van der Waals surface area (Å²) in [5.74, 6) is 0.0700. The van der Waals surface area contributed by atoms with Crippen LogP contribution >= 0.6 is 23.2 Å². The monoisotopic (exact) mass is 313 g/mol. The summed E-state index contributed by atoms with van der Waals surface area (Å²) in [7, 11) is 0. The minimum atomic E-state index is -0.471. The molecule has 0 amide bonds. The number of rotatable bonds is 5. The molecule has 5 heteroatoms. The number of hydrogen-bond acceptors (Lipinski definition) is 2. The fourth-order valence-corrected chi connectivity index (χ4v) is 2.32. The summed E-state index contributed by atoms with van der Waals surface area (Å²) in [4.78, 5) is 0. The molecule has 0 bridgehead atoms. The Bertz CT molecular complexity index is 604. The van der Waals surface area contributed by atoms with Gasteiger partial charge in [0.15, 0.2) is 0 Å².